The minimum absolute atomic E-state index is 0.645. The third kappa shape index (κ3) is 5.40. The summed E-state index contributed by atoms with van der Waals surface area (Å²) in [6, 6.07) is 10.1. The number of aromatic nitrogens is 4. The van der Waals surface area contributed by atoms with Gasteiger partial charge in [0.1, 0.15) is 17.4 Å². The molecule has 0 bridgehead atoms. The Morgan fingerprint density at radius 1 is 0.968 bits per heavy atom. The van der Waals surface area contributed by atoms with Crippen LogP contribution in [0.3, 0.4) is 0 Å². The summed E-state index contributed by atoms with van der Waals surface area (Å²) >= 11 is 0. The van der Waals surface area contributed by atoms with Crippen molar-refractivity contribution >= 4 is 29.6 Å². The van der Waals surface area contributed by atoms with E-state index in [9.17, 15) is 0 Å². The first-order valence-electron chi connectivity index (χ1n) is 10.4. The molecule has 1 fully saturated rings. The maximum Gasteiger partial charge on any atom is 0.156 e. The number of hydrogen-bond donors (Lipinski definition) is 2. The summed E-state index contributed by atoms with van der Waals surface area (Å²) < 4.78 is 5.39. The van der Waals surface area contributed by atoms with Gasteiger partial charge in [0.15, 0.2) is 11.6 Å². The highest BCUT2D eigenvalue weighted by molar-refractivity contribution is 5.70. The number of nitrogens with zero attached hydrogens (tertiary/aromatic N) is 5. The van der Waals surface area contributed by atoms with E-state index >= 15 is 0 Å². The Kier molecular flexibility index (Phi) is 6.18. The van der Waals surface area contributed by atoms with E-state index in [0.29, 0.717) is 5.82 Å². The molecular weight excluding hydrogens is 390 g/mol. The summed E-state index contributed by atoms with van der Waals surface area (Å²) in [5.41, 5.74) is 3.18. The van der Waals surface area contributed by atoms with Gasteiger partial charge in [-0.3, -0.25) is 5.10 Å². The molecular formula is C23H29N7O. The van der Waals surface area contributed by atoms with E-state index in [-0.39, 0.29) is 0 Å². The van der Waals surface area contributed by atoms with Gasteiger partial charge < -0.3 is 19.9 Å². The number of anilines is 3. The molecule has 162 valence electrons. The Morgan fingerprint density at radius 2 is 1.77 bits per heavy atom. The van der Waals surface area contributed by atoms with E-state index in [1.165, 1.54) is 0 Å². The summed E-state index contributed by atoms with van der Waals surface area (Å²) in [5.74, 6) is 3.85. The molecule has 2 aromatic heterocycles. The number of piperazine rings is 1. The lowest BCUT2D eigenvalue weighted by Crippen LogP contribution is -2.44. The van der Waals surface area contributed by atoms with Gasteiger partial charge in [0.25, 0.3) is 0 Å². The monoisotopic (exact) mass is 419 g/mol. The van der Waals surface area contributed by atoms with Crippen LogP contribution in [0, 0.1) is 13.8 Å². The number of H-pyrrole nitrogens is 1. The SMILES string of the molecule is COc1cc(C)cc(/C=C/c2nc(Nc3cc(C)[nH]n3)cc(N3CCN(C)CC3)n2)c1. The second-order valence-corrected chi connectivity index (χ2v) is 7.94. The van der Waals surface area contributed by atoms with Crippen LogP contribution < -0.4 is 15.0 Å². The highest BCUT2D eigenvalue weighted by Gasteiger charge is 2.17. The van der Waals surface area contributed by atoms with E-state index < -0.39 is 0 Å². The van der Waals surface area contributed by atoms with Gasteiger partial charge in [-0.15, -0.1) is 0 Å². The van der Waals surface area contributed by atoms with E-state index in [1.807, 2.05) is 43.3 Å². The lowest BCUT2D eigenvalue weighted by atomic mass is 10.1. The maximum absolute atomic E-state index is 5.39. The summed E-state index contributed by atoms with van der Waals surface area (Å²) in [5, 5.41) is 10.5. The third-order valence-electron chi connectivity index (χ3n) is 5.25. The number of methoxy groups -OCH3 is 1. The number of rotatable bonds is 6. The highest BCUT2D eigenvalue weighted by Crippen LogP contribution is 2.22. The van der Waals surface area contributed by atoms with Gasteiger partial charge in [0, 0.05) is 44.0 Å². The van der Waals surface area contributed by atoms with Crippen molar-refractivity contribution in [3.63, 3.8) is 0 Å². The fourth-order valence-corrected chi connectivity index (χ4v) is 3.56. The van der Waals surface area contributed by atoms with E-state index in [2.05, 4.69) is 45.4 Å². The molecule has 4 rings (SSSR count). The predicted octanol–water partition coefficient (Wildman–Crippen LogP) is 3.49. The third-order valence-corrected chi connectivity index (χ3v) is 5.25. The zero-order chi connectivity index (χ0) is 21.8. The van der Waals surface area contributed by atoms with E-state index in [1.54, 1.807) is 7.11 Å². The Bertz CT molecular complexity index is 1070. The molecule has 8 nitrogen and oxygen atoms in total. The van der Waals surface area contributed by atoms with E-state index in [4.69, 9.17) is 14.7 Å². The Labute approximate surface area is 183 Å². The van der Waals surface area contributed by atoms with Crippen LogP contribution in [0.1, 0.15) is 22.6 Å². The zero-order valence-electron chi connectivity index (χ0n) is 18.5. The number of hydrogen-bond acceptors (Lipinski definition) is 7. The summed E-state index contributed by atoms with van der Waals surface area (Å²) in [6.45, 7) is 7.93. The van der Waals surface area contributed by atoms with Crippen LogP contribution in [-0.4, -0.2) is 65.4 Å². The van der Waals surface area contributed by atoms with Gasteiger partial charge in [-0.25, -0.2) is 9.97 Å². The van der Waals surface area contributed by atoms with Gasteiger partial charge in [0.2, 0.25) is 0 Å². The first-order chi connectivity index (χ1) is 15.0. The van der Waals surface area contributed by atoms with E-state index in [0.717, 1.165) is 66.2 Å². The molecule has 0 amide bonds. The number of nitrogens with one attached hydrogen (secondary N) is 2. The smallest absolute Gasteiger partial charge is 0.156 e. The molecule has 2 N–H and O–H groups in total. The fraction of sp³-hybridized carbons (Fsp3) is 0.348. The molecule has 1 aromatic carbocycles. The molecule has 0 aliphatic carbocycles. The number of ether oxygens (including phenoxy) is 1. The minimum Gasteiger partial charge on any atom is -0.497 e. The van der Waals surface area contributed by atoms with Crippen LogP contribution >= 0.6 is 0 Å². The van der Waals surface area contributed by atoms with Crippen LogP contribution in [0.2, 0.25) is 0 Å². The van der Waals surface area contributed by atoms with Crippen LogP contribution in [0.5, 0.6) is 5.75 Å². The highest BCUT2D eigenvalue weighted by atomic mass is 16.5. The first-order valence-corrected chi connectivity index (χ1v) is 10.4. The Balaban J connectivity index is 1.64. The zero-order valence-corrected chi connectivity index (χ0v) is 18.5. The molecule has 0 atom stereocenters. The largest absolute Gasteiger partial charge is 0.497 e. The van der Waals surface area contributed by atoms with Gasteiger partial charge in [-0.2, -0.15) is 5.10 Å². The van der Waals surface area contributed by atoms with Crippen LogP contribution in [0.25, 0.3) is 12.2 Å². The lowest BCUT2D eigenvalue weighted by molar-refractivity contribution is 0.312. The Morgan fingerprint density at radius 3 is 2.48 bits per heavy atom. The molecule has 31 heavy (non-hydrogen) atoms. The molecule has 0 saturated carbocycles. The topological polar surface area (TPSA) is 82.2 Å². The van der Waals surface area contributed by atoms with Gasteiger partial charge in [0.05, 0.1) is 7.11 Å². The molecule has 3 aromatic rings. The molecule has 8 heteroatoms. The molecule has 0 unspecified atom stereocenters. The van der Waals surface area contributed by atoms with Crippen molar-refractivity contribution < 1.29 is 4.74 Å². The lowest BCUT2D eigenvalue weighted by Gasteiger charge is -2.33. The summed E-state index contributed by atoms with van der Waals surface area (Å²) in [7, 11) is 3.83. The Hall–Kier alpha value is -3.39. The van der Waals surface area contributed by atoms with Crippen molar-refractivity contribution in [3.05, 3.63) is 53.0 Å². The normalized spacial score (nSPS) is 14.9. The van der Waals surface area contributed by atoms with Crippen LogP contribution in [0.4, 0.5) is 17.5 Å². The quantitative estimate of drug-likeness (QED) is 0.633. The van der Waals surface area contributed by atoms with Crippen molar-refractivity contribution in [3.8, 4) is 5.75 Å². The van der Waals surface area contributed by atoms with Gasteiger partial charge >= 0.3 is 0 Å². The van der Waals surface area contributed by atoms with Gasteiger partial charge in [-0.05, 0) is 50.2 Å². The molecule has 1 saturated heterocycles. The summed E-state index contributed by atoms with van der Waals surface area (Å²) in [4.78, 5) is 14.1. The molecule has 1 aliphatic rings. The molecule has 3 heterocycles. The van der Waals surface area contributed by atoms with Crippen LogP contribution in [0.15, 0.2) is 30.3 Å². The predicted molar refractivity (Wildman–Crippen MR) is 125 cm³/mol. The summed E-state index contributed by atoms with van der Waals surface area (Å²) in [6.07, 6.45) is 3.95. The van der Waals surface area contributed by atoms with Crippen molar-refractivity contribution in [1.82, 2.24) is 25.1 Å². The standard InChI is InChI=1S/C23H29N7O/c1-16-11-18(14-19(12-16)31-4)5-6-20-24-21(25-22-13-17(2)27-28-22)15-23(26-20)30-9-7-29(3)8-10-30/h5-6,11-15H,7-10H2,1-4H3,(H2,24,25,26,27,28)/b6-5+. The second kappa shape index (κ2) is 9.18. The molecule has 0 spiro atoms. The number of benzene rings is 1. The van der Waals surface area contributed by atoms with Crippen molar-refractivity contribution in [2.45, 2.75) is 13.8 Å². The number of aromatic amines is 1. The van der Waals surface area contributed by atoms with Crippen molar-refractivity contribution in [1.29, 1.82) is 0 Å². The van der Waals surface area contributed by atoms with Crippen molar-refractivity contribution in [2.75, 3.05) is 50.6 Å². The average Bonchev–Trinajstić information content (AvgIpc) is 3.16. The average molecular weight is 420 g/mol. The second-order valence-electron chi connectivity index (χ2n) is 7.94. The first kappa shape index (κ1) is 20.9. The fourth-order valence-electron chi connectivity index (χ4n) is 3.56. The molecule has 0 radical (unpaired) electrons. The number of aryl methyl sites for hydroxylation is 2. The van der Waals surface area contributed by atoms with Crippen molar-refractivity contribution in [2.24, 2.45) is 0 Å². The van der Waals surface area contributed by atoms with Gasteiger partial charge in [-0.1, -0.05) is 12.1 Å². The molecule has 1 aliphatic heterocycles. The van der Waals surface area contributed by atoms with Crippen LogP contribution in [-0.2, 0) is 0 Å². The minimum atomic E-state index is 0.645. The number of likely N-dealkylation sites (N-methyl/N-ethyl adjacent to an activating group) is 1. The maximum atomic E-state index is 5.39.